The molecular formula is C20H16Cl2F4N2O2. The Labute approximate surface area is 179 Å². The predicted molar refractivity (Wildman–Crippen MR) is 104 cm³/mol. The number of hydrogen-bond acceptors (Lipinski definition) is 2. The Balaban J connectivity index is 1.75. The second-order valence-electron chi connectivity index (χ2n) is 6.94. The molecule has 2 amide bonds. The maximum absolute atomic E-state index is 13.5. The van der Waals surface area contributed by atoms with E-state index in [9.17, 15) is 27.2 Å². The van der Waals surface area contributed by atoms with Gasteiger partial charge in [0, 0.05) is 12.1 Å². The minimum Gasteiger partial charge on any atom is -0.347 e. The Hall–Kier alpha value is -2.32. The van der Waals surface area contributed by atoms with Gasteiger partial charge in [0.2, 0.25) is 0 Å². The van der Waals surface area contributed by atoms with E-state index >= 15 is 0 Å². The first-order valence-corrected chi connectivity index (χ1v) is 9.83. The van der Waals surface area contributed by atoms with Crippen LogP contribution in [0.2, 0.25) is 10.0 Å². The van der Waals surface area contributed by atoms with Crippen molar-refractivity contribution in [3.05, 3.63) is 68.7 Å². The first-order valence-electron chi connectivity index (χ1n) is 9.08. The number of amides is 2. The summed E-state index contributed by atoms with van der Waals surface area (Å²) < 4.78 is 53.5. The zero-order chi connectivity index (χ0) is 22.0. The van der Waals surface area contributed by atoms with Crippen LogP contribution in [0.5, 0.6) is 0 Å². The standard InChI is InChI=1S/C20H16Cl2F4N2O2/c21-11-7-15(25)13(23)5-9(11)19(29)27-17-3-1-2-4-18(17)28-20(30)10-6-14(24)16(26)8-12(10)22/h5-8,17-18H,1-4H2,(H,27,29)(H,28,30)/t17-,18-/m1/s1. The van der Waals surface area contributed by atoms with Gasteiger partial charge in [-0.2, -0.15) is 0 Å². The summed E-state index contributed by atoms with van der Waals surface area (Å²) in [5, 5.41) is 4.83. The molecule has 160 valence electrons. The highest BCUT2D eigenvalue weighted by Gasteiger charge is 2.30. The normalized spacial score (nSPS) is 18.7. The third-order valence-electron chi connectivity index (χ3n) is 4.91. The Bertz CT molecular complexity index is 924. The van der Waals surface area contributed by atoms with Gasteiger partial charge in [-0.3, -0.25) is 9.59 Å². The maximum atomic E-state index is 13.5. The molecule has 0 spiro atoms. The maximum Gasteiger partial charge on any atom is 0.253 e. The summed E-state index contributed by atoms with van der Waals surface area (Å²) >= 11 is 11.7. The SMILES string of the molecule is O=C(N[C@@H]1CCCC[C@H]1NC(=O)c1cc(F)c(F)cc1Cl)c1cc(F)c(F)cc1Cl. The largest absolute Gasteiger partial charge is 0.347 e. The van der Waals surface area contributed by atoms with Crippen molar-refractivity contribution in [3.8, 4) is 0 Å². The molecule has 0 unspecified atom stereocenters. The molecule has 1 saturated carbocycles. The highest BCUT2D eigenvalue weighted by Crippen LogP contribution is 2.24. The molecule has 1 aliphatic carbocycles. The van der Waals surface area contributed by atoms with Crippen LogP contribution in [0.4, 0.5) is 17.6 Å². The lowest BCUT2D eigenvalue weighted by molar-refractivity contribution is 0.0862. The second kappa shape index (κ2) is 9.22. The zero-order valence-electron chi connectivity index (χ0n) is 15.4. The molecule has 0 aromatic heterocycles. The quantitative estimate of drug-likeness (QED) is 0.494. The third kappa shape index (κ3) is 4.87. The molecule has 1 fully saturated rings. The van der Waals surface area contributed by atoms with Gasteiger partial charge in [-0.25, -0.2) is 17.6 Å². The Morgan fingerprint density at radius 2 is 1.03 bits per heavy atom. The van der Waals surface area contributed by atoms with Gasteiger partial charge in [-0.1, -0.05) is 36.0 Å². The average molecular weight is 463 g/mol. The van der Waals surface area contributed by atoms with Crippen LogP contribution in [0.3, 0.4) is 0 Å². The first-order chi connectivity index (χ1) is 14.2. The van der Waals surface area contributed by atoms with E-state index < -0.39 is 47.2 Å². The third-order valence-corrected chi connectivity index (χ3v) is 5.53. The molecule has 2 aromatic carbocycles. The summed E-state index contributed by atoms with van der Waals surface area (Å²) in [6.07, 6.45) is 2.52. The van der Waals surface area contributed by atoms with Crippen LogP contribution in [-0.4, -0.2) is 23.9 Å². The lowest BCUT2D eigenvalue weighted by Crippen LogP contribution is -2.53. The van der Waals surface area contributed by atoms with Crippen molar-refractivity contribution < 1.29 is 27.2 Å². The molecule has 4 nitrogen and oxygen atoms in total. The van der Waals surface area contributed by atoms with Crippen LogP contribution in [0.25, 0.3) is 0 Å². The summed E-state index contributed by atoms with van der Waals surface area (Å²) in [7, 11) is 0. The van der Waals surface area contributed by atoms with Crippen molar-refractivity contribution >= 4 is 35.0 Å². The van der Waals surface area contributed by atoms with Crippen LogP contribution in [0.1, 0.15) is 46.4 Å². The lowest BCUT2D eigenvalue weighted by Gasteiger charge is -2.33. The van der Waals surface area contributed by atoms with E-state index in [0.717, 1.165) is 12.8 Å². The number of carbonyl (C=O) groups is 2. The summed E-state index contributed by atoms with van der Waals surface area (Å²) in [5.74, 6) is -6.24. The Morgan fingerprint density at radius 3 is 1.40 bits per heavy atom. The van der Waals surface area contributed by atoms with Crippen molar-refractivity contribution in [2.75, 3.05) is 0 Å². The van der Waals surface area contributed by atoms with Gasteiger partial charge < -0.3 is 10.6 Å². The van der Waals surface area contributed by atoms with E-state index in [-0.39, 0.29) is 21.2 Å². The number of benzene rings is 2. The first kappa shape index (κ1) is 22.4. The molecule has 0 bridgehead atoms. The fraction of sp³-hybridized carbons (Fsp3) is 0.300. The molecule has 30 heavy (non-hydrogen) atoms. The summed E-state index contributed by atoms with van der Waals surface area (Å²) in [6.45, 7) is 0. The van der Waals surface area contributed by atoms with Crippen molar-refractivity contribution in [2.24, 2.45) is 0 Å². The van der Waals surface area contributed by atoms with Crippen LogP contribution >= 0.6 is 23.2 Å². The summed E-state index contributed by atoms with van der Waals surface area (Å²) in [6, 6.07) is 1.73. The summed E-state index contributed by atoms with van der Waals surface area (Å²) in [4.78, 5) is 25.1. The highest BCUT2D eigenvalue weighted by atomic mass is 35.5. The molecule has 2 aromatic rings. The fourth-order valence-electron chi connectivity index (χ4n) is 3.36. The van der Waals surface area contributed by atoms with E-state index in [1.54, 1.807) is 0 Å². The summed E-state index contributed by atoms with van der Waals surface area (Å²) in [5.41, 5.74) is -0.482. The predicted octanol–water partition coefficient (Wildman–Crippen LogP) is 5.02. The van der Waals surface area contributed by atoms with Crippen molar-refractivity contribution in [1.82, 2.24) is 10.6 Å². The van der Waals surface area contributed by atoms with E-state index in [4.69, 9.17) is 23.2 Å². The van der Waals surface area contributed by atoms with Crippen LogP contribution in [0.15, 0.2) is 24.3 Å². The van der Waals surface area contributed by atoms with Crippen molar-refractivity contribution in [3.63, 3.8) is 0 Å². The van der Waals surface area contributed by atoms with Gasteiger partial charge >= 0.3 is 0 Å². The van der Waals surface area contributed by atoms with Crippen molar-refractivity contribution in [1.29, 1.82) is 0 Å². The van der Waals surface area contributed by atoms with Gasteiger partial charge in [0.05, 0.1) is 21.2 Å². The number of hydrogen-bond donors (Lipinski definition) is 2. The molecule has 10 heteroatoms. The molecule has 3 rings (SSSR count). The molecule has 0 radical (unpaired) electrons. The number of rotatable bonds is 4. The van der Waals surface area contributed by atoms with E-state index in [1.165, 1.54) is 0 Å². The van der Waals surface area contributed by atoms with E-state index in [2.05, 4.69) is 10.6 Å². The molecule has 0 aliphatic heterocycles. The Kier molecular flexibility index (Phi) is 6.88. The zero-order valence-corrected chi connectivity index (χ0v) is 16.9. The van der Waals surface area contributed by atoms with Crippen LogP contribution in [-0.2, 0) is 0 Å². The Morgan fingerprint density at radius 1 is 0.700 bits per heavy atom. The monoisotopic (exact) mass is 462 g/mol. The highest BCUT2D eigenvalue weighted by molar-refractivity contribution is 6.34. The molecule has 2 N–H and O–H groups in total. The van der Waals surface area contributed by atoms with Gasteiger partial charge in [0.1, 0.15) is 0 Å². The van der Waals surface area contributed by atoms with Crippen LogP contribution in [0, 0.1) is 23.3 Å². The number of carbonyl (C=O) groups excluding carboxylic acids is 2. The van der Waals surface area contributed by atoms with Gasteiger partial charge in [0.25, 0.3) is 11.8 Å². The van der Waals surface area contributed by atoms with E-state index in [0.29, 0.717) is 37.1 Å². The molecule has 2 atom stereocenters. The molecule has 0 heterocycles. The minimum atomic E-state index is -1.22. The smallest absolute Gasteiger partial charge is 0.253 e. The number of halogens is 6. The van der Waals surface area contributed by atoms with E-state index in [1.807, 2.05) is 0 Å². The second-order valence-corrected chi connectivity index (χ2v) is 7.75. The molecule has 1 aliphatic rings. The molecular weight excluding hydrogens is 447 g/mol. The fourth-order valence-corrected chi connectivity index (χ4v) is 3.83. The topological polar surface area (TPSA) is 58.2 Å². The van der Waals surface area contributed by atoms with Crippen LogP contribution < -0.4 is 10.6 Å². The minimum absolute atomic E-state index is 0.241. The van der Waals surface area contributed by atoms with Gasteiger partial charge in [-0.15, -0.1) is 0 Å². The lowest BCUT2D eigenvalue weighted by atomic mass is 9.89. The number of nitrogens with one attached hydrogen (secondary N) is 2. The van der Waals surface area contributed by atoms with Gasteiger partial charge in [-0.05, 0) is 37.1 Å². The van der Waals surface area contributed by atoms with Crippen molar-refractivity contribution in [2.45, 2.75) is 37.8 Å². The molecule has 0 saturated heterocycles. The van der Waals surface area contributed by atoms with Gasteiger partial charge in [0.15, 0.2) is 23.3 Å². The average Bonchev–Trinajstić information content (AvgIpc) is 2.68.